The zero-order chi connectivity index (χ0) is 28.7. The molecule has 0 amide bonds. The van der Waals surface area contributed by atoms with Crippen molar-refractivity contribution in [2.75, 3.05) is 6.54 Å². The van der Waals surface area contributed by atoms with Gasteiger partial charge in [0, 0.05) is 30.5 Å². The van der Waals surface area contributed by atoms with Gasteiger partial charge in [-0.3, -0.25) is 19.5 Å². The van der Waals surface area contributed by atoms with Gasteiger partial charge in [0.15, 0.2) is 21.9 Å². The van der Waals surface area contributed by atoms with Gasteiger partial charge in [-0.15, -0.1) is 0 Å². The molecule has 3 aromatic heterocycles. The van der Waals surface area contributed by atoms with Gasteiger partial charge in [-0.1, -0.05) is 61.4 Å². The Morgan fingerprint density at radius 2 is 1.80 bits per heavy atom. The Balaban J connectivity index is 1.49. The lowest BCUT2D eigenvalue weighted by Gasteiger charge is -2.35. The predicted octanol–water partition coefficient (Wildman–Crippen LogP) is 3.80. The molecule has 12 nitrogen and oxygen atoms in total. The van der Waals surface area contributed by atoms with E-state index in [1.54, 1.807) is 18.8 Å². The van der Waals surface area contributed by atoms with Crippen LogP contribution in [0.1, 0.15) is 43.6 Å². The number of nitrogens with two attached hydrogens (primary N) is 1. The molecule has 0 atom stereocenters. The SMILES string of the molecule is Cn1c(=O)n(Cc2nc3cc([N+](=O)[O-])ccc3o2)c(=O)c2c1nc(SC1(CN)CCCCC1)n2Cc1ccccc1. The van der Waals surface area contributed by atoms with Crippen LogP contribution in [0.25, 0.3) is 22.3 Å². The lowest BCUT2D eigenvalue weighted by atomic mass is 9.88. The number of thioether (sulfide) groups is 1. The number of nitro benzene ring substituents is 1. The maximum atomic E-state index is 14.0. The fourth-order valence-corrected chi connectivity index (χ4v) is 6.86. The fraction of sp³-hybridized carbons (Fsp3) is 0.357. The van der Waals surface area contributed by atoms with Crippen LogP contribution in [0.4, 0.5) is 5.69 Å². The lowest BCUT2D eigenvalue weighted by Crippen LogP contribution is -2.40. The number of aryl methyl sites for hydroxylation is 1. The highest BCUT2D eigenvalue weighted by molar-refractivity contribution is 8.00. The summed E-state index contributed by atoms with van der Waals surface area (Å²) in [5.41, 5.74) is 7.26. The van der Waals surface area contributed by atoms with Crippen molar-refractivity contribution in [3.63, 3.8) is 0 Å². The van der Waals surface area contributed by atoms with Gasteiger partial charge in [0.05, 0.1) is 11.5 Å². The van der Waals surface area contributed by atoms with Crippen molar-refractivity contribution in [1.29, 1.82) is 0 Å². The molecule has 1 aliphatic carbocycles. The summed E-state index contributed by atoms with van der Waals surface area (Å²) in [4.78, 5) is 47.3. The maximum absolute atomic E-state index is 14.0. The van der Waals surface area contributed by atoms with Gasteiger partial charge in [-0.25, -0.2) is 19.3 Å². The molecule has 3 heterocycles. The Labute approximate surface area is 238 Å². The van der Waals surface area contributed by atoms with Crippen LogP contribution in [0.5, 0.6) is 0 Å². The van der Waals surface area contributed by atoms with E-state index < -0.39 is 16.2 Å². The summed E-state index contributed by atoms with van der Waals surface area (Å²) < 4.78 is 9.88. The van der Waals surface area contributed by atoms with Crippen LogP contribution in [0.15, 0.2) is 67.7 Å². The van der Waals surface area contributed by atoms with Crippen molar-refractivity contribution < 1.29 is 9.34 Å². The highest BCUT2D eigenvalue weighted by Crippen LogP contribution is 2.43. The summed E-state index contributed by atoms with van der Waals surface area (Å²) in [7, 11) is 1.59. The second-order valence-corrected chi connectivity index (χ2v) is 11.9. The first-order valence-corrected chi connectivity index (χ1v) is 14.3. The second-order valence-electron chi connectivity index (χ2n) is 10.4. The third-order valence-corrected chi connectivity index (χ3v) is 9.25. The molecule has 212 valence electrons. The fourth-order valence-electron chi connectivity index (χ4n) is 5.50. The number of fused-ring (bicyclic) bond motifs is 2. The first kappa shape index (κ1) is 27.0. The molecule has 0 spiro atoms. The van der Waals surface area contributed by atoms with Gasteiger partial charge >= 0.3 is 5.69 Å². The molecule has 1 aliphatic rings. The van der Waals surface area contributed by atoms with Crippen LogP contribution in [-0.2, 0) is 20.1 Å². The number of hydrogen-bond acceptors (Lipinski definition) is 9. The zero-order valence-electron chi connectivity index (χ0n) is 22.5. The third-order valence-electron chi connectivity index (χ3n) is 7.75. The van der Waals surface area contributed by atoms with Gasteiger partial charge < -0.3 is 14.7 Å². The lowest BCUT2D eigenvalue weighted by molar-refractivity contribution is -0.384. The summed E-state index contributed by atoms with van der Waals surface area (Å²) in [6.45, 7) is 0.640. The predicted molar refractivity (Wildman–Crippen MR) is 155 cm³/mol. The Morgan fingerprint density at radius 3 is 2.51 bits per heavy atom. The maximum Gasteiger partial charge on any atom is 0.332 e. The van der Waals surface area contributed by atoms with E-state index in [2.05, 4.69) is 4.98 Å². The number of nitrogens with zero attached hydrogens (tertiary/aromatic N) is 6. The van der Waals surface area contributed by atoms with Crippen molar-refractivity contribution >= 4 is 39.7 Å². The quantitative estimate of drug-likeness (QED) is 0.215. The normalized spacial score (nSPS) is 15.1. The molecule has 1 saturated carbocycles. The highest BCUT2D eigenvalue weighted by Gasteiger charge is 2.34. The first-order chi connectivity index (χ1) is 19.8. The van der Waals surface area contributed by atoms with E-state index in [1.807, 2.05) is 34.9 Å². The molecule has 1 fully saturated rings. The van der Waals surface area contributed by atoms with Crippen molar-refractivity contribution in [3.8, 4) is 0 Å². The Kier molecular flexibility index (Phi) is 6.99. The molecule has 13 heteroatoms. The monoisotopic (exact) mass is 575 g/mol. The largest absolute Gasteiger partial charge is 0.439 e. The van der Waals surface area contributed by atoms with Crippen LogP contribution in [0.2, 0.25) is 0 Å². The Hall–Kier alpha value is -4.23. The summed E-state index contributed by atoms with van der Waals surface area (Å²) in [6, 6.07) is 13.8. The van der Waals surface area contributed by atoms with Gasteiger partial charge in [0.25, 0.3) is 11.2 Å². The Morgan fingerprint density at radius 1 is 1.05 bits per heavy atom. The molecule has 0 radical (unpaired) electrons. The van der Waals surface area contributed by atoms with Crippen LogP contribution in [0, 0.1) is 10.1 Å². The highest BCUT2D eigenvalue weighted by atomic mass is 32.2. The van der Waals surface area contributed by atoms with E-state index in [0.29, 0.717) is 35.0 Å². The average molecular weight is 576 g/mol. The molecule has 5 aromatic rings. The van der Waals surface area contributed by atoms with E-state index >= 15 is 0 Å². The van der Waals surface area contributed by atoms with E-state index in [1.165, 1.54) is 29.2 Å². The van der Waals surface area contributed by atoms with Gasteiger partial charge in [-0.2, -0.15) is 0 Å². The van der Waals surface area contributed by atoms with Crippen LogP contribution >= 0.6 is 11.8 Å². The molecular formula is C28H29N7O5S. The number of benzene rings is 2. The van der Waals surface area contributed by atoms with Crippen molar-refractivity contribution in [3.05, 3.63) is 90.9 Å². The van der Waals surface area contributed by atoms with Gasteiger partial charge in [0.1, 0.15) is 12.1 Å². The number of aromatic nitrogens is 5. The molecule has 6 rings (SSSR count). The molecular weight excluding hydrogens is 546 g/mol. The minimum atomic E-state index is -0.567. The number of nitro groups is 1. The first-order valence-electron chi connectivity index (χ1n) is 13.5. The smallest absolute Gasteiger partial charge is 0.332 e. The molecule has 2 aromatic carbocycles. The van der Waals surface area contributed by atoms with E-state index in [-0.39, 0.29) is 28.4 Å². The topological polar surface area (TPSA) is 157 Å². The molecule has 0 unspecified atom stereocenters. The van der Waals surface area contributed by atoms with Crippen molar-refractivity contribution in [1.82, 2.24) is 23.7 Å². The minimum Gasteiger partial charge on any atom is -0.439 e. The van der Waals surface area contributed by atoms with E-state index in [0.717, 1.165) is 35.8 Å². The third kappa shape index (κ3) is 4.95. The van der Waals surface area contributed by atoms with Gasteiger partial charge in [-0.05, 0) is 24.5 Å². The second kappa shape index (κ2) is 10.6. The molecule has 0 bridgehead atoms. The summed E-state index contributed by atoms with van der Waals surface area (Å²) in [5, 5.41) is 11.8. The minimum absolute atomic E-state index is 0.0899. The Bertz CT molecular complexity index is 1880. The van der Waals surface area contributed by atoms with E-state index in [4.69, 9.17) is 15.1 Å². The number of hydrogen-bond donors (Lipinski definition) is 1. The average Bonchev–Trinajstić information content (AvgIpc) is 3.55. The number of imidazole rings is 1. The van der Waals surface area contributed by atoms with Crippen LogP contribution in [0.3, 0.4) is 0 Å². The van der Waals surface area contributed by atoms with Crippen LogP contribution in [-0.4, -0.2) is 39.9 Å². The zero-order valence-corrected chi connectivity index (χ0v) is 23.3. The number of non-ortho nitro benzene ring substituents is 1. The summed E-state index contributed by atoms with van der Waals surface area (Å²) >= 11 is 1.60. The van der Waals surface area contributed by atoms with E-state index in [9.17, 15) is 19.7 Å². The number of rotatable bonds is 8. The molecule has 0 aliphatic heterocycles. The molecule has 41 heavy (non-hydrogen) atoms. The molecule has 0 saturated heterocycles. The standard InChI is InChI=1S/C28H29N7O5S/c1-32-24-23(25(36)34(27(32)37)16-22-30-20-14-19(35(38)39)10-11-21(20)40-22)33(15-18-8-4-2-5-9-18)26(31-24)41-28(17-29)12-6-3-7-13-28/h2,4-5,8-11,14H,3,6-7,12-13,15-17,29H2,1H3. The van der Waals surface area contributed by atoms with Crippen LogP contribution < -0.4 is 17.0 Å². The van der Waals surface area contributed by atoms with Crippen molar-refractivity contribution in [2.24, 2.45) is 12.8 Å². The summed E-state index contributed by atoms with van der Waals surface area (Å²) in [6.07, 6.45) is 5.26. The number of oxazole rings is 1. The summed E-state index contributed by atoms with van der Waals surface area (Å²) in [5.74, 6) is 0.0899. The molecule has 2 N–H and O–H groups in total. The van der Waals surface area contributed by atoms with Gasteiger partial charge in [0.2, 0.25) is 5.89 Å². The van der Waals surface area contributed by atoms with Crippen molar-refractivity contribution in [2.45, 2.75) is 55.1 Å².